The Labute approximate surface area is 188 Å². The molecule has 0 radical (unpaired) electrons. The summed E-state index contributed by atoms with van der Waals surface area (Å²) >= 11 is 5.16. The van der Waals surface area contributed by atoms with Crippen molar-refractivity contribution in [2.45, 2.75) is 32.1 Å². The molecule has 0 saturated carbocycles. The summed E-state index contributed by atoms with van der Waals surface area (Å²) in [7, 11) is 0. The highest BCUT2D eigenvalue weighted by Crippen LogP contribution is 2.17. The Morgan fingerprint density at radius 3 is 2.61 bits per heavy atom. The van der Waals surface area contributed by atoms with Gasteiger partial charge in [0.05, 0.1) is 6.61 Å². The van der Waals surface area contributed by atoms with Gasteiger partial charge in [-0.2, -0.15) is 0 Å². The van der Waals surface area contributed by atoms with Crippen LogP contribution in [0.4, 0.5) is 5.69 Å². The molecule has 31 heavy (non-hydrogen) atoms. The van der Waals surface area contributed by atoms with Gasteiger partial charge in [-0.1, -0.05) is 49.1 Å². The molecule has 0 unspecified atom stereocenters. The predicted octanol–water partition coefficient (Wildman–Crippen LogP) is 4.41. The summed E-state index contributed by atoms with van der Waals surface area (Å²) < 4.78 is 10.7. The van der Waals surface area contributed by atoms with Crippen LogP contribution in [0.1, 0.15) is 31.2 Å². The smallest absolute Gasteiger partial charge is 0.305 e. The van der Waals surface area contributed by atoms with Gasteiger partial charge in [-0.3, -0.25) is 9.59 Å². The van der Waals surface area contributed by atoms with Crippen molar-refractivity contribution >= 4 is 34.9 Å². The number of carbonyl (C=O) groups excluding carboxylic acids is 2. The normalized spacial score (nSPS) is 10.1. The van der Waals surface area contributed by atoms with Crippen molar-refractivity contribution in [1.29, 1.82) is 0 Å². The maximum Gasteiger partial charge on any atom is 0.305 e. The maximum atomic E-state index is 12.0. The molecular weight excluding hydrogens is 412 g/mol. The third-order valence-corrected chi connectivity index (χ3v) is 4.42. The zero-order valence-corrected chi connectivity index (χ0v) is 18.3. The number of ether oxygens (including phenoxy) is 2. The number of thiocarbonyl (C=S) groups is 1. The average molecular weight is 441 g/mol. The van der Waals surface area contributed by atoms with Crippen LogP contribution < -0.4 is 15.4 Å². The Hall–Kier alpha value is -3.19. The second kappa shape index (κ2) is 13.9. The predicted molar refractivity (Wildman–Crippen MR) is 126 cm³/mol. The van der Waals surface area contributed by atoms with E-state index in [0.717, 1.165) is 12.8 Å². The largest absolute Gasteiger partial charge is 0.489 e. The fourth-order valence-corrected chi connectivity index (χ4v) is 2.97. The number of hydrogen-bond acceptors (Lipinski definition) is 5. The lowest BCUT2D eigenvalue weighted by Crippen LogP contribution is -2.34. The Balaban J connectivity index is 1.58. The molecule has 2 aromatic rings. The number of hydrogen-bond donors (Lipinski definition) is 2. The van der Waals surface area contributed by atoms with E-state index in [1.54, 1.807) is 12.1 Å². The first kappa shape index (κ1) is 24.1. The summed E-state index contributed by atoms with van der Waals surface area (Å²) in [6, 6.07) is 17.3. The van der Waals surface area contributed by atoms with Crippen LogP contribution in [0.25, 0.3) is 0 Å². The monoisotopic (exact) mass is 440 g/mol. The van der Waals surface area contributed by atoms with Crippen LogP contribution in [0.3, 0.4) is 0 Å². The highest BCUT2D eigenvalue weighted by Gasteiger charge is 2.08. The standard InChI is InChI=1S/C24H28N2O4S/c1-2-16-29-21-13-6-12-20(18-21)25-24(31)26-22(27)14-7-15-23(28)30-17-8-11-19-9-4-3-5-10-19/h2-6,9-10,12-13,18H,1,7-8,11,14-17H2,(H2,25,26,27,31). The molecule has 0 aromatic heterocycles. The third-order valence-electron chi connectivity index (χ3n) is 4.21. The first-order valence-corrected chi connectivity index (χ1v) is 10.6. The van der Waals surface area contributed by atoms with Gasteiger partial charge in [0.15, 0.2) is 5.11 Å². The van der Waals surface area contributed by atoms with Crippen LogP contribution >= 0.6 is 12.2 Å². The van der Waals surface area contributed by atoms with Gasteiger partial charge < -0.3 is 20.1 Å². The summed E-state index contributed by atoms with van der Waals surface area (Å²) in [6.45, 7) is 4.39. The van der Waals surface area contributed by atoms with Gasteiger partial charge in [0.1, 0.15) is 12.4 Å². The Morgan fingerprint density at radius 1 is 1.03 bits per heavy atom. The molecule has 0 saturated heterocycles. The van der Waals surface area contributed by atoms with E-state index >= 15 is 0 Å². The Morgan fingerprint density at radius 2 is 1.84 bits per heavy atom. The second-order valence-electron chi connectivity index (χ2n) is 6.79. The van der Waals surface area contributed by atoms with E-state index in [2.05, 4.69) is 17.2 Å². The van der Waals surface area contributed by atoms with Crippen LogP contribution in [0, 0.1) is 0 Å². The summed E-state index contributed by atoms with van der Waals surface area (Å²) in [5.41, 5.74) is 1.92. The highest BCUT2D eigenvalue weighted by atomic mass is 32.1. The number of anilines is 1. The van der Waals surface area contributed by atoms with Gasteiger partial charge in [-0.15, -0.1) is 0 Å². The number of rotatable bonds is 12. The molecule has 0 aliphatic heterocycles. The van der Waals surface area contributed by atoms with Crippen molar-refractivity contribution in [3.05, 3.63) is 72.8 Å². The first-order valence-electron chi connectivity index (χ1n) is 10.2. The number of nitrogens with one attached hydrogen (secondary N) is 2. The molecule has 0 atom stereocenters. The first-order chi connectivity index (χ1) is 15.1. The van der Waals surface area contributed by atoms with E-state index in [4.69, 9.17) is 21.7 Å². The van der Waals surface area contributed by atoms with Crippen LogP contribution in [0.2, 0.25) is 0 Å². The van der Waals surface area contributed by atoms with Gasteiger partial charge in [-0.25, -0.2) is 0 Å². The molecule has 2 N–H and O–H groups in total. The van der Waals surface area contributed by atoms with Crippen LogP contribution in [-0.4, -0.2) is 30.2 Å². The molecule has 2 rings (SSSR count). The van der Waals surface area contributed by atoms with Crippen LogP contribution in [0.15, 0.2) is 67.3 Å². The Bertz CT molecular complexity index is 871. The van der Waals surface area contributed by atoms with Gasteiger partial charge in [0.25, 0.3) is 0 Å². The molecule has 0 aliphatic rings. The lowest BCUT2D eigenvalue weighted by atomic mass is 10.1. The molecule has 0 bridgehead atoms. The number of aryl methyl sites for hydroxylation is 1. The molecule has 6 nitrogen and oxygen atoms in total. The fraction of sp³-hybridized carbons (Fsp3) is 0.292. The highest BCUT2D eigenvalue weighted by molar-refractivity contribution is 7.80. The topological polar surface area (TPSA) is 76.7 Å². The fourth-order valence-electron chi connectivity index (χ4n) is 2.74. The van der Waals surface area contributed by atoms with Crippen molar-refractivity contribution in [1.82, 2.24) is 5.32 Å². The van der Waals surface area contributed by atoms with E-state index < -0.39 is 0 Å². The summed E-state index contributed by atoms with van der Waals surface area (Å²) in [5.74, 6) is 0.118. The van der Waals surface area contributed by atoms with Crippen molar-refractivity contribution in [3.8, 4) is 5.75 Å². The lowest BCUT2D eigenvalue weighted by Gasteiger charge is -2.11. The summed E-state index contributed by atoms with van der Waals surface area (Å²) in [5, 5.41) is 5.74. The van der Waals surface area contributed by atoms with Gasteiger partial charge in [0, 0.05) is 24.6 Å². The third kappa shape index (κ3) is 10.4. The second-order valence-corrected chi connectivity index (χ2v) is 7.20. The summed E-state index contributed by atoms with van der Waals surface area (Å²) in [4.78, 5) is 23.8. The SMILES string of the molecule is C=CCOc1cccc(NC(=S)NC(=O)CCCC(=O)OCCCc2ccccc2)c1. The Kier molecular flexibility index (Phi) is 10.8. The molecule has 1 amide bonds. The summed E-state index contributed by atoms with van der Waals surface area (Å²) in [6.07, 6.45) is 4.08. The minimum Gasteiger partial charge on any atom is -0.489 e. The molecule has 0 spiro atoms. The quantitative estimate of drug-likeness (QED) is 0.220. The van der Waals surface area contributed by atoms with Crippen molar-refractivity contribution in [2.75, 3.05) is 18.5 Å². The van der Waals surface area contributed by atoms with E-state index in [0.29, 0.717) is 31.1 Å². The number of carbonyl (C=O) groups is 2. The maximum absolute atomic E-state index is 12.0. The molecule has 0 aliphatic carbocycles. The van der Waals surface area contributed by atoms with Gasteiger partial charge >= 0.3 is 5.97 Å². The van der Waals surface area contributed by atoms with E-state index in [-0.39, 0.29) is 29.8 Å². The van der Waals surface area contributed by atoms with Gasteiger partial charge in [-0.05, 0) is 49.2 Å². The molecule has 164 valence electrons. The van der Waals surface area contributed by atoms with E-state index in [1.807, 2.05) is 48.5 Å². The van der Waals surface area contributed by atoms with Crippen molar-refractivity contribution in [2.24, 2.45) is 0 Å². The molecule has 0 fully saturated rings. The van der Waals surface area contributed by atoms with Crippen molar-refractivity contribution < 1.29 is 19.1 Å². The minimum absolute atomic E-state index is 0.184. The van der Waals surface area contributed by atoms with Gasteiger partial charge in [0.2, 0.25) is 5.91 Å². The average Bonchev–Trinajstić information content (AvgIpc) is 2.76. The molecule has 2 aromatic carbocycles. The van der Waals surface area contributed by atoms with Crippen LogP contribution in [0.5, 0.6) is 5.75 Å². The minimum atomic E-state index is -0.294. The molecule has 0 heterocycles. The number of esters is 1. The number of benzene rings is 2. The van der Waals surface area contributed by atoms with E-state index in [9.17, 15) is 9.59 Å². The molecule has 7 heteroatoms. The lowest BCUT2D eigenvalue weighted by molar-refractivity contribution is -0.143. The zero-order valence-electron chi connectivity index (χ0n) is 17.5. The van der Waals surface area contributed by atoms with Crippen LogP contribution in [-0.2, 0) is 20.7 Å². The number of amides is 1. The van der Waals surface area contributed by atoms with E-state index in [1.165, 1.54) is 5.56 Å². The zero-order chi connectivity index (χ0) is 22.3. The molecular formula is C24H28N2O4S. The van der Waals surface area contributed by atoms with Crippen molar-refractivity contribution in [3.63, 3.8) is 0 Å².